The lowest BCUT2D eigenvalue weighted by atomic mass is 9.62. The smallest absolute Gasteiger partial charge is 0.337 e. The highest BCUT2D eigenvalue weighted by molar-refractivity contribution is 5.87. The average Bonchev–Trinajstić information content (AvgIpc) is 3.17. The third-order valence-electron chi connectivity index (χ3n) is 7.69. The van der Waals surface area contributed by atoms with E-state index < -0.39 is 11.6 Å². The Bertz CT molecular complexity index is 961. The predicted molar refractivity (Wildman–Crippen MR) is 118 cm³/mol. The summed E-state index contributed by atoms with van der Waals surface area (Å²) in [5.41, 5.74) is 5.39. The van der Waals surface area contributed by atoms with Crippen LogP contribution >= 0.6 is 0 Å². The van der Waals surface area contributed by atoms with Crippen molar-refractivity contribution in [3.63, 3.8) is 0 Å². The van der Waals surface area contributed by atoms with E-state index in [1.807, 2.05) is 6.07 Å². The minimum atomic E-state index is -0.954. The Hall–Kier alpha value is -2.20. The second-order valence-electron chi connectivity index (χ2n) is 10.4. The van der Waals surface area contributed by atoms with E-state index in [4.69, 9.17) is 9.84 Å². The Morgan fingerprint density at radius 2 is 1.73 bits per heavy atom. The van der Waals surface area contributed by atoms with Crippen molar-refractivity contribution in [3.8, 4) is 0 Å². The molecule has 0 radical (unpaired) electrons. The van der Waals surface area contributed by atoms with Crippen molar-refractivity contribution in [1.29, 1.82) is 0 Å². The van der Waals surface area contributed by atoms with Gasteiger partial charge in [0.1, 0.15) is 5.60 Å². The van der Waals surface area contributed by atoms with Crippen molar-refractivity contribution in [2.75, 3.05) is 7.11 Å². The minimum absolute atomic E-state index is 0.200. The van der Waals surface area contributed by atoms with Gasteiger partial charge in [0.05, 0.1) is 11.3 Å². The minimum Gasteiger partial charge on any atom is -0.478 e. The SMILES string of the molecule is COC1(c2ccc(C(=O)O)cn2)CCC(c2ccc3c(c2)C(C)(C)CCC3(C)C)C1. The van der Waals surface area contributed by atoms with E-state index in [9.17, 15) is 4.79 Å². The fraction of sp³-hybridized carbons (Fsp3) is 0.538. The van der Waals surface area contributed by atoms with E-state index in [0.29, 0.717) is 5.92 Å². The van der Waals surface area contributed by atoms with Crippen molar-refractivity contribution in [2.24, 2.45) is 0 Å². The van der Waals surface area contributed by atoms with Gasteiger partial charge in [0.25, 0.3) is 0 Å². The van der Waals surface area contributed by atoms with Crippen LogP contribution in [-0.2, 0) is 21.2 Å². The summed E-state index contributed by atoms with van der Waals surface area (Å²) in [4.78, 5) is 15.6. The normalized spacial score (nSPS) is 26.9. The molecule has 0 saturated heterocycles. The molecule has 4 rings (SSSR count). The molecule has 0 amide bonds. The van der Waals surface area contributed by atoms with Gasteiger partial charge in [-0.3, -0.25) is 4.98 Å². The molecular weight excluding hydrogens is 374 g/mol. The van der Waals surface area contributed by atoms with E-state index in [1.54, 1.807) is 13.2 Å². The van der Waals surface area contributed by atoms with Gasteiger partial charge in [-0.1, -0.05) is 45.9 Å². The molecule has 30 heavy (non-hydrogen) atoms. The van der Waals surface area contributed by atoms with Crippen LogP contribution in [0.3, 0.4) is 0 Å². The number of aromatic carboxylic acids is 1. The zero-order valence-electron chi connectivity index (χ0n) is 18.8. The van der Waals surface area contributed by atoms with E-state index in [-0.39, 0.29) is 16.4 Å². The lowest BCUT2D eigenvalue weighted by Crippen LogP contribution is -2.34. The Labute approximate surface area is 179 Å². The van der Waals surface area contributed by atoms with Crippen LogP contribution in [0.4, 0.5) is 0 Å². The number of rotatable bonds is 4. The summed E-state index contributed by atoms with van der Waals surface area (Å²) in [6.07, 6.45) is 6.67. The number of hydrogen-bond acceptors (Lipinski definition) is 3. The van der Waals surface area contributed by atoms with Gasteiger partial charge in [-0.15, -0.1) is 0 Å². The van der Waals surface area contributed by atoms with Gasteiger partial charge in [0.2, 0.25) is 0 Å². The molecule has 4 heteroatoms. The van der Waals surface area contributed by atoms with Gasteiger partial charge < -0.3 is 9.84 Å². The first-order valence-electron chi connectivity index (χ1n) is 11.0. The number of fused-ring (bicyclic) bond motifs is 1. The second-order valence-corrected chi connectivity index (χ2v) is 10.4. The number of methoxy groups -OCH3 is 1. The summed E-state index contributed by atoms with van der Waals surface area (Å²) < 4.78 is 6.01. The van der Waals surface area contributed by atoms with Crippen LogP contribution in [0.1, 0.15) is 98.5 Å². The highest BCUT2D eigenvalue weighted by Crippen LogP contribution is 2.51. The molecule has 160 valence electrons. The Morgan fingerprint density at radius 3 is 2.33 bits per heavy atom. The third-order valence-corrected chi connectivity index (χ3v) is 7.69. The number of aromatic nitrogens is 1. The Balaban J connectivity index is 1.65. The molecule has 2 aliphatic rings. The molecule has 1 N–H and O–H groups in total. The molecular formula is C26H33NO3. The fourth-order valence-electron chi connectivity index (χ4n) is 5.47. The number of pyridine rings is 1. The van der Waals surface area contributed by atoms with E-state index in [0.717, 1.165) is 25.0 Å². The van der Waals surface area contributed by atoms with Gasteiger partial charge in [-0.2, -0.15) is 0 Å². The summed E-state index contributed by atoms with van der Waals surface area (Å²) in [5.74, 6) is -0.540. The van der Waals surface area contributed by atoms with Gasteiger partial charge in [-0.25, -0.2) is 4.79 Å². The number of hydrogen-bond donors (Lipinski definition) is 1. The van der Waals surface area contributed by atoms with E-state index in [2.05, 4.69) is 50.9 Å². The van der Waals surface area contributed by atoms with Gasteiger partial charge in [-0.05, 0) is 77.7 Å². The van der Waals surface area contributed by atoms with Crippen molar-refractivity contribution in [1.82, 2.24) is 4.98 Å². The first-order valence-corrected chi connectivity index (χ1v) is 11.0. The zero-order valence-corrected chi connectivity index (χ0v) is 18.8. The molecule has 2 aromatic rings. The molecule has 1 fully saturated rings. The lowest BCUT2D eigenvalue weighted by molar-refractivity contribution is -0.0136. The highest BCUT2D eigenvalue weighted by Gasteiger charge is 2.43. The molecule has 1 saturated carbocycles. The van der Waals surface area contributed by atoms with Gasteiger partial charge in [0, 0.05) is 13.3 Å². The largest absolute Gasteiger partial charge is 0.478 e. The molecule has 0 bridgehead atoms. The van der Waals surface area contributed by atoms with Crippen LogP contribution in [0, 0.1) is 0 Å². The molecule has 0 aliphatic heterocycles. The summed E-state index contributed by atoms with van der Waals surface area (Å²) in [6, 6.07) is 10.6. The number of nitrogens with zero attached hydrogens (tertiary/aromatic N) is 1. The summed E-state index contributed by atoms with van der Waals surface area (Å²) >= 11 is 0. The van der Waals surface area contributed by atoms with E-state index in [1.165, 1.54) is 35.7 Å². The maximum Gasteiger partial charge on any atom is 0.337 e. The van der Waals surface area contributed by atoms with E-state index >= 15 is 0 Å². The molecule has 1 heterocycles. The van der Waals surface area contributed by atoms with Crippen LogP contribution in [-0.4, -0.2) is 23.2 Å². The molecule has 2 aliphatic carbocycles. The molecule has 2 atom stereocenters. The predicted octanol–water partition coefficient (Wildman–Crippen LogP) is 5.94. The van der Waals surface area contributed by atoms with Crippen molar-refractivity contribution in [3.05, 3.63) is 64.5 Å². The quantitative estimate of drug-likeness (QED) is 0.681. The topological polar surface area (TPSA) is 59.4 Å². The number of carboxylic acid groups (broad SMARTS) is 1. The molecule has 0 spiro atoms. The van der Waals surface area contributed by atoms with Gasteiger partial charge >= 0.3 is 5.97 Å². The lowest BCUT2D eigenvalue weighted by Gasteiger charge is -2.42. The molecule has 4 nitrogen and oxygen atoms in total. The Kier molecular flexibility index (Phi) is 5.05. The average molecular weight is 408 g/mol. The van der Waals surface area contributed by atoms with Crippen LogP contribution in [0.25, 0.3) is 0 Å². The highest BCUT2D eigenvalue weighted by atomic mass is 16.5. The first-order chi connectivity index (χ1) is 14.1. The number of carbonyl (C=O) groups is 1. The first kappa shape index (κ1) is 21.0. The van der Waals surface area contributed by atoms with Crippen molar-refractivity contribution >= 4 is 5.97 Å². The second kappa shape index (κ2) is 7.19. The number of carboxylic acids is 1. The molecule has 1 aromatic heterocycles. The van der Waals surface area contributed by atoms with Crippen molar-refractivity contribution < 1.29 is 14.6 Å². The van der Waals surface area contributed by atoms with Crippen LogP contribution < -0.4 is 0 Å². The maximum atomic E-state index is 11.2. The number of benzene rings is 1. The summed E-state index contributed by atoms with van der Waals surface area (Å²) in [5, 5.41) is 9.16. The van der Waals surface area contributed by atoms with Crippen LogP contribution in [0.2, 0.25) is 0 Å². The Morgan fingerprint density at radius 1 is 1.03 bits per heavy atom. The standard InChI is InChI=1S/C26H33NO3/c1-24(2)12-13-25(3,4)21-14-17(6-8-20(21)24)18-10-11-26(15-18,30-5)22-9-7-19(16-27-22)23(28)29/h6-9,14,16,18H,10-13,15H2,1-5H3,(H,28,29). The monoisotopic (exact) mass is 407 g/mol. The fourth-order valence-corrected chi connectivity index (χ4v) is 5.47. The molecule has 2 unspecified atom stereocenters. The van der Waals surface area contributed by atoms with Gasteiger partial charge in [0.15, 0.2) is 0 Å². The summed E-state index contributed by atoms with van der Waals surface area (Å²) in [6.45, 7) is 9.46. The summed E-state index contributed by atoms with van der Waals surface area (Å²) in [7, 11) is 1.74. The zero-order chi connectivity index (χ0) is 21.7. The molecule has 1 aromatic carbocycles. The third kappa shape index (κ3) is 3.45. The van der Waals surface area contributed by atoms with Crippen molar-refractivity contribution in [2.45, 2.75) is 82.1 Å². The maximum absolute atomic E-state index is 11.2. The van der Waals surface area contributed by atoms with Crippen LogP contribution in [0.15, 0.2) is 36.5 Å². The van der Waals surface area contributed by atoms with Crippen LogP contribution in [0.5, 0.6) is 0 Å². The number of ether oxygens (including phenoxy) is 1.